The van der Waals surface area contributed by atoms with Crippen LogP contribution in [0.5, 0.6) is 0 Å². The predicted molar refractivity (Wildman–Crippen MR) is 128 cm³/mol. The summed E-state index contributed by atoms with van der Waals surface area (Å²) in [4.78, 5) is 9.14. The zero-order valence-electron chi connectivity index (χ0n) is 16.9. The van der Waals surface area contributed by atoms with Gasteiger partial charge in [0, 0.05) is 31.5 Å². The van der Waals surface area contributed by atoms with E-state index >= 15 is 0 Å². The smallest absolute Gasteiger partial charge is 0.191 e. The molecule has 6 heteroatoms. The van der Waals surface area contributed by atoms with Gasteiger partial charge in [0.25, 0.3) is 0 Å². The second-order valence-corrected chi connectivity index (χ2v) is 6.66. The van der Waals surface area contributed by atoms with Gasteiger partial charge in [-0.2, -0.15) is 0 Å². The lowest BCUT2D eigenvalue weighted by Crippen LogP contribution is -2.40. The number of hydrogen-bond donors (Lipinski definition) is 3. The zero-order valence-corrected chi connectivity index (χ0v) is 19.2. The summed E-state index contributed by atoms with van der Waals surface area (Å²) in [6.45, 7) is 6.73. The Balaban J connectivity index is 0.00000392. The fourth-order valence-corrected chi connectivity index (χ4v) is 3.05. The van der Waals surface area contributed by atoms with Gasteiger partial charge in [-0.25, -0.2) is 4.99 Å². The molecule has 5 nitrogen and oxygen atoms in total. The molecule has 28 heavy (non-hydrogen) atoms. The van der Waals surface area contributed by atoms with Crippen LogP contribution in [-0.2, 0) is 6.54 Å². The molecule has 0 saturated heterocycles. The van der Waals surface area contributed by atoms with Crippen molar-refractivity contribution in [3.05, 3.63) is 54.2 Å². The third-order valence-electron chi connectivity index (χ3n) is 4.44. The van der Waals surface area contributed by atoms with Gasteiger partial charge in [-0.15, -0.1) is 24.0 Å². The highest BCUT2D eigenvalue weighted by molar-refractivity contribution is 14.0. The molecule has 0 aliphatic rings. The van der Waals surface area contributed by atoms with Crippen molar-refractivity contribution in [1.29, 1.82) is 0 Å². The fraction of sp³-hybridized carbons (Fsp3) is 0.455. The van der Waals surface area contributed by atoms with E-state index in [1.54, 1.807) is 0 Å². The van der Waals surface area contributed by atoms with E-state index in [0.717, 1.165) is 55.1 Å². The van der Waals surface area contributed by atoms with E-state index in [4.69, 9.17) is 4.99 Å². The van der Waals surface area contributed by atoms with E-state index in [-0.39, 0.29) is 30.6 Å². The second-order valence-electron chi connectivity index (χ2n) is 6.66. The number of aliphatic imine (C=N–C) groups is 1. The van der Waals surface area contributed by atoms with Crippen molar-refractivity contribution in [2.75, 3.05) is 19.7 Å². The van der Waals surface area contributed by atoms with E-state index < -0.39 is 0 Å². The highest BCUT2D eigenvalue weighted by Crippen LogP contribution is 2.18. The molecule has 0 aliphatic heterocycles. The molecular formula is C22H33IN4O. The van der Waals surface area contributed by atoms with Crippen molar-refractivity contribution in [3.8, 4) is 11.3 Å². The maximum Gasteiger partial charge on any atom is 0.191 e. The molecular weight excluding hydrogens is 463 g/mol. The molecule has 0 amide bonds. The Bertz CT molecular complexity index is 688. The molecule has 2 aromatic rings. The lowest BCUT2D eigenvalue weighted by atomic mass is 10.0. The van der Waals surface area contributed by atoms with Crippen molar-refractivity contribution < 1.29 is 5.11 Å². The van der Waals surface area contributed by atoms with Gasteiger partial charge < -0.3 is 15.7 Å². The molecule has 1 unspecified atom stereocenters. The summed E-state index contributed by atoms with van der Waals surface area (Å²) in [5.74, 6) is 1.29. The van der Waals surface area contributed by atoms with Crippen LogP contribution in [0, 0.1) is 5.92 Å². The number of nitrogens with zero attached hydrogens (tertiary/aromatic N) is 2. The average molecular weight is 496 g/mol. The first kappa shape index (κ1) is 24.4. The van der Waals surface area contributed by atoms with Crippen LogP contribution in [0.2, 0.25) is 0 Å². The molecule has 0 saturated carbocycles. The van der Waals surface area contributed by atoms with Gasteiger partial charge in [0.2, 0.25) is 0 Å². The van der Waals surface area contributed by atoms with Gasteiger partial charge in [0.1, 0.15) is 0 Å². The lowest BCUT2D eigenvalue weighted by Gasteiger charge is -2.18. The largest absolute Gasteiger partial charge is 0.396 e. The van der Waals surface area contributed by atoms with E-state index in [1.165, 1.54) is 0 Å². The fourth-order valence-electron chi connectivity index (χ4n) is 3.05. The Morgan fingerprint density at radius 1 is 1.11 bits per heavy atom. The maximum atomic E-state index is 9.23. The van der Waals surface area contributed by atoms with Crippen LogP contribution in [0.3, 0.4) is 0 Å². The number of nitrogens with one attached hydrogen (secondary N) is 2. The Kier molecular flexibility index (Phi) is 12.5. The summed E-state index contributed by atoms with van der Waals surface area (Å²) < 4.78 is 0. The van der Waals surface area contributed by atoms with Crippen molar-refractivity contribution in [3.63, 3.8) is 0 Å². The number of aromatic nitrogens is 1. The molecule has 0 radical (unpaired) electrons. The van der Waals surface area contributed by atoms with E-state index in [2.05, 4.69) is 47.7 Å². The van der Waals surface area contributed by atoms with Crippen molar-refractivity contribution in [2.24, 2.45) is 10.9 Å². The van der Waals surface area contributed by atoms with Crippen molar-refractivity contribution >= 4 is 29.9 Å². The number of guanidine groups is 1. The van der Waals surface area contributed by atoms with Crippen LogP contribution in [0.4, 0.5) is 0 Å². The number of benzene rings is 1. The van der Waals surface area contributed by atoms with Gasteiger partial charge in [0.15, 0.2) is 5.96 Å². The lowest BCUT2D eigenvalue weighted by molar-refractivity contribution is 0.251. The Morgan fingerprint density at radius 2 is 1.96 bits per heavy atom. The van der Waals surface area contributed by atoms with Crippen LogP contribution < -0.4 is 10.6 Å². The van der Waals surface area contributed by atoms with Gasteiger partial charge >= 0.3 is 0 Å². The number of aliphatic hydroxyl groups is 1. The van der Waals surface area contributed by atoms with E-state index in [1.807, 2.05) is 30.5 Å². The first-order chi connectivity index (χ1) is 13.3. The molecule has 0 spiro atoms. The Labute approximate surface area is 186 Å². The SMILES string of the molecule is CCCC(CCO)CNC(=NCc1cccc(-c2ccccn2)c1)NCC.I. The van der Waals surface area contributed by atoms with Gasteiger partial charge in [-0.05, 0) is 49.4 Å². The van der Waals surface area contributed by atoms with Gasteiger partial charge in [-0.1, -0.05) is 37.6 Å². The highest BCUT2D eigenvalue weighted by Gasteiger charge is 2.08. The molecule has 154 valence electrons. The Hall–Kier alpha value is -1.67. The summed E-state index contributed by atoms with van der Waals surface area (Å²) in [6.07, 6.45) is 4.87. The van der Waals surface area contributed by atoms with Crippen LogP contribution in [0.15, 0.2) is 53.7 Å². The normalized spacial score (nSPS) is 12.2. The summed E-state index contributed by atoms with van der Waals surface area (Å²) in [6, 6.07) is 14.3. The predicted octanol–water partition coefficient (Wildman–Crippen LogP) is 4.22. The molecule has 3 N–H and O–H groups in total. The average Bonchev–Trinajstić information content (AvgIpc) is 2.71. The zero-order chi connectivity index (χ0) is 19.3. The first-order valence-corrected chi connectivity index (χ1v) is 9.90. The summed E-state index contributed by atoms with van der Waals surface area (Å²) in [7, 11) is 0. The van der Waals surface area contributed by atoms with Crippen LogP contribution in [0.25, 0.3) is 11.3 Å². The summed E-state index contributed by atoms with van der Waals surface area (Å²) in [5.41, 5.74) is 3.22. The highest BCUT2D eigenvalue weighted by atomic mass is 127. The molecule has 1 atom stereocenters. The van der Waals surface area contributed by atoms with E-state index in [0.29, 0.717) is 12.5 Å². The topological polar surface area (TPSA) is 69.5 Å². The molecule has 1 aromatic carbocycles. The molecule has 2 rings (SSSR count). The minimum Gasteiger partial charge on any atom is -0.396 e. The van der Waals surface area contributed by atoms with Crippen LogP contribution >= 0.6 is 24.0 Å². The number of hydrogen-bond acceptors (Lipinski definition) is 3. The maximum absolute atomic E-state index is 9.23. The van der Waals surface area contributed by atoms with Crippen LogP contribution in [0.1, 0.15) is 38.7 Å². The number of rotatable bonds is 10. The first-order valence-electron chi connectivity index (χ1n) is 9.90. The third kappa shape index (κ3) is 8.56. The molecule has 1 aromatic heterocycles. The monoisotopic (exact) mass is 496 g/mol. The molecule has 0 fully saturated rings. The number of aliphatic hydroxyl groups excluding tert-OH is 1. The minimum absolute atomic E-state index is 0. The second kappa shape index (κ2) is 14.3. The van der Waals surface area contributed by atoms with Crippen molar-refractivity contribution in [2.45, 2.75) is 39.7 Å². The molecule has 0 aliphatic carbocycles. The van der Waals surface area contributed by atoms with Gasteiger partial charge in [-0.3, -0.25) is 4.98 Å². The molecule has 1 heterocycles. The number of halogens is 1. The molecule has 0 bridgehead atoms. The van der Waals surface area contributed by atoms with Crippen LogP contribution in [-0.4, -0.2) is 35.7 Å². The summed E-state index contributed by atoms with van der Waals surface area (Å²) >= 11 is 0. The minimum atomic E-state index is 0. The summed E-state index contributed by atoms with van der Waals surface area (Å²) in [5, 5.41) is 16.0. The van der Waals surface area contributed by atoms with E-state index in [9.17, 15) is 5.11 Å². The third-order valence-corrected chi connectivity index (χ3v) is 4.44. The Morgan fingerprint density at radius 3 is 2.64 bits per heavy atom. The standard InChI is InChI=1S/C22H32N4O.HI/c1-3-8-18(12-14-27)16-25-22(23-4-2)26-17-19-9-7-10-20(15-19)21-11-5-6-13-24-21;/h5-7,9-11,13,15,18,27H,3-4,8,12,14,16-17H2,1-2H3,(H2,23,25,26);1H. The van der Waals surface area contributed by atoms with Gasteiger partial charge in [0.05, 0.1) is 12.2 Å². The van der Waals surface area contributed by atoms with Crippen molar-refractivity contribution in [1.82, 2.24) is 15.6 Å². The quantitative estimate of drug-likeness (QED) is 0.262. The number of pyridine rings is 1.